The van der Waals surface area contributed by atoms with Gasteiger partial charge in [0.05, 0.1) is 11.1 Å². The van der Waals surface area contributed by atoms with Crippen molar-refractivity contribution in [2.75, 3.05) is 32.8 Å². The highest BCUT2D eigenvalue weighted by atomic mass is 19.4. The molecule has 206 valence electrons. The molecule has 0 radical (unpaired) electrons. The number of aliphatic hydroxyl groups excluding tert-OH is 1. The molecule has 0 aromatic heterocycles. The number of aliphatic hydroxyl groups is 1. The number of halogens is 6. The highest BCUT2D eigenvalue weighted by Gasteiger charge is 2.51. The number of benzene rings is 2. The summed E-state index contributed by atoms with van der Waals surface area (Å²) in [6.07, 6.45) is -10.0. The van der Waals surface area contributed by atoms with E-state index in [1.807, 2.05) is 30.3 Å². The Labute approximate surface area is 214 Å². The Morgan fingerprint density at radius 2 is 1.55 bits per heavy atom. The van der Waals surface area contributed by atoms with Crippen molar-refractivity contribution in [3.8, 4) is 0 Å². The number of nitrogens with zero attached hydrogens (tertiary/aromatic N) is 2. The number of carbonyl (C=O) groups is 2. The van der Waals surface area contributed by atoms with E-state index in [-0.39, 0.29) is 51.1 Å². The summed E-state index contributed by atoms with van der Waals surface area (Å²) in [5.74, 6) is -1.25. The fraction of sp³-hybridized carbons (Fsp3) is 0.462. The van der Waals surface area contributed by atoms with Crippen LogP contribution in [0.1, 0.15) is 52.2 Å². The first-order chi connectivity index (χ1) is 17.8. The van der Waals surface area contributed by atoms with Crippen molar-refractivity contribution in [2.45, 2.75) is 43.1 Å². The van der Waals surface area contributed by atoms with Crippen LogP contribution in [0.3, 0.4) is 0 Å². The minimum absolute atomic E-state index is 0.0174. The van der Waals surface area contributed by atoms with Gasteiger partial charge in [-0.05, 0) is 30.2 Å². The van der Waals surface area contributed by atoms with Gasteiger partial charge in [-0.2, -0.15) is 26.3 Å². The lowest BCUT2D eigenvalue weighted by atomic mass is 9.74. The van der Waals surface area contributed by atoms with Gasteiger partial charge in [-0.3, -0.25) is 4.79 Å². The van der Waals surface area contributed by atoms with E-state index in [9.17, 15) is 35.9 Å². The van der Waals surface area contributed by atoms with Gasteiger partial charge in [0.15, 0.2) is 0 Å². The SMILES string of the molecule is O=C1OC2(CCN(C(=O)c3cc(C(F)(F)F)cc(C(F)(F)F)c3)CC2)[C@@H](c2ccccc2)CN1CCCO. The summed E-state index contributed by atoms with van der Waals surface area (Å²) in [4.78, 5) is 28.5. The molecule has 2 saturated heterocycles. The number of likely N-dealkylation sites (tertiary alicyclic amines) is 1. The number of ether oxygens (including phenoxy) is 1. The molecule has 0 bridgehead atoms. The van der Waals surface area contributed by atoms with Crippen molar-refractivity contribution in [1.29, 1.82) is 0 Å². The van der Waals surface area contributed by atoms with E-state index >= 15 is 0 Å². The Bertz CT molecular complexity index is 1130. The molecule has 0 unspecified atom stereocenters. The number of amides is 2. The Kier molecular flexibility index (Phi) is 7.64. The molecule has 2 aromatic carbocycles. The molecule has 1 atom stereocenters. The molecule has 2 amide bonds. The van der Waals surface area contributed by atoms with E-state index in [2.05, 4.69) is 0 Å². The lowest BCUT2D eigenvalue weighted by Gasteiger charge is -2.50. The largest absolute Gasteiger partial charge is 0.442 e. The van der Waals surface area contributed by atoms with Crippen LogP contribution in [-0.4, -0.2) is 65.3 Å². The van der Waals surface area contributed by atoms with Crippen LogP contribution in [0.2, 0.25) is 0 Å². The summed E-state index contributed by atoms with van der Waals surface area (Å²) in [6, 6.07) is 10.1. The second-order valence-corrected chi connectivity index (χ2v) is 9.51. The molecule has 2 aliphatic rings. The normalized spacial score (nSPS) is 20.0. The summed E-state index contributed by atoms with van der Waals surface area (Å²) in [5.41, 5.74) is -3.94. The van der Waals surface area contributed by atoms with E-state index in [4.69, 9.17) is 9.84 Å². The van der Waals surface area contributed by atoms with E-state index in [0.717, 1.165) is 5.56 Å². The summed E-state index contributed by atoms with van der Waals surface area (Å²) >= 11 is 0. The fourth-order valence-electron chi connectivity index (χ4n) is 5.11. The monoisotopic (exact) mass is 544 g/mol. The number of hydrogen-bond acceptors (Lipinski definition) is 4. The van der Waals surface area contributed by atoms with Crippen LogP contribution in [0, 0.1) is 0 Å². The Balaban J connectivity index is 1.58. The molecule has 1 N–H and O–H groups in total. The quantitative estimate of drug-likeness (QED) is 0.518. The summed E-state index contributed by atoms with van der Waals surface area (Å²) in [5, 5.41) is 9.17. The van der Waals surface area contributed by atoms with E-state index in [1.54, 1.807) is 0 Å². The molecular weight excluding hydrogens is 518 g/mol. The molecular formula is C26H26F6N2O4. The minimum Gasteiger partial charge on any atom is -0.442 e. The number of alkyl halides is 6. The lowest BCUT2D eigenvalue weighted by molar-refractivity contribution is -0.143. The first kappa shape index (κ1) is 27.7. The van der Waals surface area contributed by atoms with Crippen LogP contribution in [0.15, 0.2) is 48.5 Å². The van der Waals surface area contributed by atoms with Gasteiger partial charge in [-0.15, -0.1) is 0 Å². The number of rotatable bonds is 5. The predicted molar refractivity (Wildman–Crippen MR) is 123 cm³/mol. The zero-order valence-electron chi connectivity index (χ0n) is 20.2. The van der Waals surface area contributed by atoms with Crippen molar-refractivity contribution in [1.82, 2.24) is 9.80 Å². The van der Waals surface area contributed by atoms with Crippen molar-refractivity contribution >= 4 is 12.0 Å². The summed E-state index contributed by atoms with van der Waals surface area (Å²) < 4.78 is 85.6. The van der Waals surface area contributed by atoms with Gasteiger partial charge in [0.2, 0.25) is 0 Å². The number of hydrogen-bond donors (Lipinski definition) is 1. The molecule has 2 heterocycles. The fourth-order valence-corrected chi connectivity index (χ4v) is 5.11. The van der Waals surface area contributed by atoms with Gasteiger partial charge >= 0.3 is 18.4 Å². The van der Waals surface area contributed by atoms with Crippen LogP contribution in [0.4, 0.5) is 31.1 Å². The standard InChI is InChI=1S/C26H26F6N2O4/c27-25(28,29)19-13-18(14-20(15-19)26(30,31)32)22(36)33-10-7-24(8-11-33)21(17-5-2-1-3-6-17)16-34(9-4-12-35)23(37)38-24/h1-3,5-6,13-15,21,35H,4,7-12,16H2/t21-/m1/s1. The Morgan fingerprint density at radius 3 is 2.08 bits per heavy atom. The Hall–Kier alpha value is -3.28. The third-order valence-electron chi connectivity index (χ3n) is 7.11. The molecule has 2 aliphatic heterocycles. The highest BCUT2D eigenvalue weighted by molar-refractivity contribution is 5.94. The number of piperidine rings is 1. The van der Waals surface area contributed by atoms with Gasteiger partial charge in [0.25, 0.3) is 5.91 Å². The van der Waals surface area contributed by atoms with E-state index in [1.165, 1.54) is 9.80 Å². The molecule has 2 fully saturated rings. The van der Waals surface area contributed by atoms with E-state index in [0.29, 0.717) is 25.1 Å². The van der Waals surface area contributed by atoms with Crippen molar-refractivity contribution in [3.05, 3.63) is 70.8 Å². The molecule has 0 aliphatic carbocycles. The Morgan fingerprint density at radius 1 is 0.974 bits per heavy atom. The smallest absolute Gasteiger partial charge is 0.416 e. The van der Waals surface area contributed by atoms with Gasteiger partial charge in [-0.1, -0.05) is 30.3 Å². The van der Waals surface area contributed by atoms with Gasteiger partial charge < -0.3 is 19.6 Å². The van der Waals surface area contributed by atoms with Gasteiger partial charge in [-0.25, -0.2) is 4.79 Å². The zero-order chi connectivity index (χ0) is 27.7. The maximum absolute atomic E-state index is 13.3. The zero-order valence-corrected chi connectivity index (χ0v) is 20.2. The molecule has 1 spiro atoms. The topological polar surface area (TPSA) is 70.1 Å². The molecule has 38 heavy (non-hydrogen) atoms. The third-order valence-corrected chi connectivity index (χ3v) is 7.11. The van der Waals surface area contributed by atoms with Crippen LogP contribution in [0.5, 0.6) is 0 Å². The van der Waals surface area contributed by atoms with Crippen molar-refractivity contribution in [2.24, 2.45) is 0 Å². The van der Waals surface area contributed by atoms with Crippen LogP contribution in [0.25, 0.3) is 0 Å². The van der Waals surface area contributed by atoms with Crippen LogP contribution < -0.4 is 0 Å². The molecule has 0 saturated carbocycles. The first-order valence-electron chi connectivity index (χ1n) is 12.1. The van der Waals surface area contributed by atoms with Crippen LogP contribution in [-0.2, 0) is 17.1 Å². The minimum atomic E-state index is -5.07. The average molecular weight is 544 g/mol. The van der Waals surface area contributed by atoms with E-state index < -0.39 is 46.6 Å². The second-order valence-electron chi connectivity index (χ2n) is 9.51. The summed E-state index contributed by atoms with van der Waals surface area (Å²) in [7, 11) is 0. The van der Waals surface area contributed by atoms with Crippen LogP contribution >= 0.6 is 0 Å². The summed E-state index contributed by atoms with van der Waals surface area (Å²) in [6.45, 7) is 0.441. The molecule has 2 aromatic rings. The van der Waals surface area contributed by atoms with Gasteiger partial charge in [0.1, 0.15) is 5.60 Å². The predicted octanol–water partition coefficient (Wildman–Crippen LogP) is 5.32. The molecule has 12 heteroatoms. The third kappa shape index (κ3) is 5.74. The molecule has 4 rings (SSSR count). The van der Waals surface area contributed by atoms with Crippen molar-refractivity contribution in [3.63, 3.8) is 0 Å². The lowest BCUT2D eigenvalue weighted by Crippen LogP contribution is -2.59. The highest BCUT2D eigenvalue weighted by Crippen LogP contribution is 2.44. The van der Waals surface area contributed by atoms with Gasteiger partial charge in [0, 0.05) is 57.1 Å². The maximum Gasteiger partial charge on any atom is 0.416 e. The number of carbonyl (C=O) groups excluding carboxylic acids is 2. The molecule has 6 nitrogen and oxygen atoms in total. The first-order valence-corrected chi connectivity index (χ1v) is 12.1. The van der Waals surface area contributed by atoms with Crippen molar-refractivity contribution < 1.29 is 45.8 Å². The average Bonchev–Trinajstić information content (AvgIpc) is 2.87. The maximum atomic E-state index is 13.3. The second kappa shape index (κ2) is 10.5.